The summed E-state index contributed by atoms with van der Waals surface area (Å²) in [7, 11) is 4.03. The first kappa shape index (κ1) is 12.1. The summed E-state index contributed by atoms with van der Waals surface area (Å²) in [4.78, 5) is 17.5. The monoisotopic (exact) mass is 273 g/mol. The number of hydrogen-bond donors (Lipinski definition) is 0. The number of fused-ring (bicyclic) bond motifs is 1. The summed E-state index contributed by atoms with van der Waals surface area (Å²) >= 11 is 1.70. The molecule has 0 aliphatic heterocycles. The third-order valence-electron chi connectivity index (χ3n) is 3.09. The Hall–Kier alpha value is -1.95. The fourth-order valence-corrected chi connectivity index (χ4v) is 2.95. The van der Waals surface area contributed by atoms with Crippen molar-refractivity contribution in [1.82, 2.24) is 19.5 Å². The maximum atomic E-state index is 4.41. The minimum absolute atomic E-state index is 0.727. The van der Waals surface area contributed by atoms with Gasteiger partial charge in [-0.15, -0.1) is 11.3 Å². The van der Waals surface area contributed by atoms with Gasteiger partial charge >= 0.3 is 0 Å². The number of aryl methyl sites for hydroxylation is 2. The summed E-state index contributed by atoms with van der Waals surface area (Å²) < 4.78 is 2.02. The van der Waals surface area contributed by atoms with E-state index >= 15 is 0 Å². The Bertz CT molecular complexity index is 715. The van der Waals surface area contributed by atoms with Gasteiger partial charge in [0.15, 0.2) is 0 Å². The second-order valence-electron chi connectivity index (χ2n) is 4.58. The van der Waals surface area contributed by atoms with Gasteiger partial charge < -0.3 is 9.47 Å². The molecule has 6 heteroatoms. The van der Waals surface area contributed by atoms with Gasteiger partial charge in [0.05, 0.1) is 11.9 Å². The Balaban J connectivity index is 1.97. The maximum Gasteiger partial charge on any atom is 0.140 e. The normalized spacial score (nSPS) is 11.1. The van der Waals surface area contributed by atoms with Crippen LogP contribution in [0.1, 0.15) is 10.7 Å². The quantitative estimate of drug-likeness (QED) is 0.735. The molecular formula is C13H15N5S. The molecule has 0 aliphatic carbocycles. The largest absolute Gasteiger partial charge is 0.352 e. The van der Waals surface area contributed by atoms with Crippen LogP contribution in [0.15, 0.2) is 24.8 Å². The number of nitrogens with zero attached hydrogens (tertiary/aromatic N) is 5. The second-order valence-corrected chi connectivity index (χ2v) is 5.82. The van der Waals surface area contributed by atoms with Gasteiger partial charge in [0, 0.05) is 31.4 Å². The summed E-state index contributed by atoms with van der Waals surface area (Å²) in [5, 5.41) is 1.11. The van der Waals surface area contributed by atoms with Crippen LogP contribution >= 0.6 is 11.3 Å². The molecule has 3 heterocycles. The van der Waals surface area contributed by atoms with Crippen LogP contribution in [0.5, 0.6) is 0 Å². The average molecular weight is 273 g/mol. The van der Waals surface area contributed by atoms with E-state index in [-0.39, 0.29) is 0 Å². The molecule has 0 saturated heterocycles. The topological polar surface area (TPSA) is 46.8 Å². The summed E-state index contributed by atoms with van der Waals surface area (Å²) in [5.41, 5.74) is 0. The molecular weight excluding hydrogens is 258 g/mol. The molecule has 0 N–H and O–H groups in total. The lowest BCUT2D eigenvalue weighted by molar-refractivity contribution is 0.757. The number of anilines is 1. The Kier molecular flexibility index (Phi) is 2.94. The average Bonchev–Trinajstić information content (AvgIpc) is 2.94. The van der Waals surface area contributed by atoms with Gasteiger partial charge in [0.2, 0.25) is 0 Å². The summed E-state index contributed by atoms with van der Waals surface area (Å²) in [5.74, 6) is 1.97. The van der Waals surface area contributed by atoms with Crippen molar-refractivity contribution < 1.29 is 0 Å². The van der Waals surface area contributed by atoms with Crippen molar-refractivity contribution in [2.24, 2.45) is 7.05 Å². The van der Waals surface area contributed by atoms with Gasteiger partial charge in [0.1, 0.15) is 22.8 Å². The Morgan fingerprint density at radius 1 is 1.32 bits per heavy atom. The van der Waals surface area contributed by atoms with Gasteiger partial charge in [-0.3, -0.25) is 0 Å². The maximum absolute atomic E-state index is 4.41. The number of thiophene rings is 1. The molecule has 0 atom stereocenters. The minimum atomic E-state index is 0.727. The van der Waals surface area contributed by atoms with Gasteiger partial charge in [-0.1, -0.05) is 0 Å². The van der Waals surface area contributed by atoms with E-state index in [1.54, 1.807) is 17.7 Å². The van der Waals surface area contributed by atoms with Crippen LogP contribution in [-0.2, 0) is 13.6 Å². The highest BCUT2D eigenvalue weighted by atomic mass is 32.1. The lowest BCUT2D eigenvalue weighted by atomic mass is 10.3. The molecule has 0 fully saturated rings. The standard InChI is InChI=1S/C13H15N5S/c1-9-6-10-12(15-8-16-13(10)19-9)18(3)7-11-14-4-5-17(11)2/h4-6,8H,7H2,1-3H3. The van der Waals surface area contributed by atoms with Crippen LogP contribution in [0.25, 0.3) is 10.2 Å². The molecule has 5 nitrogen and oxygen atoms in total. The molecule has 0 radical (unpaired) electrons. The third-order valence-corrected chi connectivity index (χ3v) is 4.05. The summed E-state index contributed by atoms with van der Waals surface area (Å²) in [6.45, 7) is 2.82. The van der Waals surface area contributed by atoms with Crippen molar-refractivity contribution in [2.75, 3.05) is 11.9 Å². The van der Waals surface area contributed by atoms with Crippen LogP contribution < -0.4 is 4.90 Å². The highest BCUT2D eigenvalue weighted by Crippen LogP contribution is 2.29. The fraction of sp³-hybridized carbons (Fsp3) is 0.308. The van der Waals surface area contributed by atoms with E-state index < -0.39 is 0 Å². The molecule has 98 valence electrons. The van der Waals surface area contributed by atoms with Crippen LogP contribution in [0.4, 0.5) is 5.82 Å². The van der Waals surface area contributed by atoms with Gasteiger partial charge in [-0.2, -0.15) is 0 Å². The molecule has 0 aliphatic rings. The molecule has 3 aromatic rings. The fourth-order valence-electron chi connectivity index (χ4n) is 2.10. The van der Waals surface area contributed by atoms with Crippen molar-refractivity contribution in [2.45, 2.75) is 13.5 Å². The van der Waals surface area contributed by atoms with Crippen LogP contribution in [-0.4, -0.2) is 26.6 Å². The number of hydrogen-bond acceptors (Lipinski definition) is 5. The third kappa shape index (κ3) is 2.19. The van der Waals surface area contributed by atoms with Crippen LogP contribution in [0.3, 0.4) is 0 Å². The second kappa shape index (κ2) is 4.62. The molecule has 0 aromatic carbocycles. The van der Waals surface area contributed by atoms with E-state index in [2.05, 4.69) is 32.8 Å². The van der Waals surface area contributed by atoms with Gasteiger partial charge in [-0.05, 0) is 13.0 Å². The van der Waals surface area contributed by atoms with E-state index in [0.29, 0.717) is 0 Å². The smallest absolute Gasteiger partial charge is 0.140 e. The van der Waals surface area contributed by atoms with Crippen molar-refractivity contribution in [1.29, 1.82) is 0 Å². The van der Waals surface area contributed by atoms with E-state index in [0.717, 1.165) is 28.4 Å². The molecule has 3 rings (SSSR count). The zero-order valence-electron chi connectivity index (χ0n) is 11.2. The first-order valence-corrected chi connectivity index (χ1v) is 6.85. The summed E-state index contributed by atoms with van der Waals surface area (Å²) in [6, 6.07) is 2.14. The van der Waals surface area contributed by atoms with Gasteiger partial charge in [0.25, 0.3) is 0 Å². The highest BCUT2D eigenvalue weighted by Gasteiger charge is 2.12. The van der Waals surface area contributed by atoms with Crippen molar-refractivity contribution in [3.63, 3.8) is 0 Å². The minimum Gasteiger partial charge on any atom is -0.352 e. The van der Waals surface area contributed by atoms with Crippen molar-refractivity contribution in [3.05, 3.63) is 35.5 Å². The first-order chi connectivity index (χ1) is 9.15. The van der Waals surface area contributed by atoms with Crippen LogP contribution in [0.2, 0.25) is 0 Å². The number of imidazole rings is 1. The van der Waals surface area contributed by atoms with Gasteiger partial charge in [-0.25, -0.2) is 15.0 Å². The van der Waals surface area contributed by atoms with E-state index in [1.807, 2.05) is 31.1 Å². The van der Waals surface area contributed by atoms with Crippen LogP contribution in [0, 0.1) is 6.92 Å². The summed E-state index contributed by atoms with van der Waals surface area (Å²) in [6.07, 6.45) is 5.39. The first-order valence-electron chi connectivity index (χ1n) is 6.03. The Labute approximate surface area is 115 Å². The molecule has 0 amide bonds. The molecule has 3 aromatic heterocycles. The highest BCUT2D eigenvalue weighted by molar-refractivity contribution is 7.18. The van der Waals surface area contributed by atoms with E-state index in [9.17, 15) is 0 Å². The van der Waals surface area contributed by atoms with Crippen molar-refractivity contribution in [3.8, 4) is 0 Å². The van der Waals surface area contributed by atoms with Crippen molar-refractivity contribution >= 4 is 27.4 Å². The van der Waals surface area contributed by atoms with E-state index in [1.165, 1.54) is 4.88 Å². The lowest BCUT2D eigenvalue weighted by Crippen LogP contribution is -2.20. The Morgan fingerprint density at radius 3 is 2.89 bits per heavy atom. The Morgan fingerprint density at radius 2 is 2.16 bits per heavy atom. The predicted octanol–water partition coefficient (Wildman–Crippen LogP) is 2.37. The molecule has 0 unspecified atom stereocenters. The zero-order valence-corrected chi connectivity index (χ0v) is 12.0. The number of aromatic nitrogens is 4. The molecule has 19 heavy (non-hydrogen) atoms. The molecule has 0 spiro atoms. The number of rotatable bonds is 3. The predicted molar refractivity (Wildman–Crippen MR) is 77.5 cm³/mol. The van der Waals surface area contributed by atoms with E-state index in [4.69, 9.17) is 0 Å². The SMILES string of the molecule is Cc1cc2c(N(C)Cc3nccn3C)ncnc2s1. The zero-order chi connectivity index (χ0) is 13.4. The molecule has 0 bridgehead atoms. The lowest BCUT2D eigenvalue weighted by Gasteiger charge is -2.18. The molecule has 0 saturated carbocycles.